The van der Waals surface area contributed by atoms with Gasteiger partial charge in [-0.2, -0.15) is 0 Å². The molecule has 0 aromatic carbocycles. The molecule has 4 aliphatic carbocycles. The van der Waals surface area contributed by atoms with E-state index in [1.165, 1.54) is 19.1 Å². The lowest BCUT2D eigenvalue weighted by molar-refractivity contribution is -0.231. The van der Waals surface area contributed by atoms with E-state index in [9.17, 15) is 24.3 Å². The topological polar surface area (TPSA) is 107 Å². The number of aliphatic hydroxyl groups excluding tert-OH is 1. The molecule has 0 radical (unpaired) electrons. The van der Waals surface area contributed by atoms with Gasteiger partial charge in [0.2, 0.25) is 5.78 Å². The normalized spacial score (nSPS) is 46.1. The molecule has 0 amide bonds. The highest BCUT2D eigenvalue weighted by Gasteiger charge is 2.78. The second-order valence-electron chi connectivity index (χ2n) is 11.0. The lowest BCUT2D eigenvalue weighted by Gasteiger charge is -2.63. The molecule has 3 saturated carbocycles. The predicted molar refractivity (Wildman–Crippen MR) is 119 cm³/mol. The van der Waals surface area contributed by atoms with E-state index >= 15 is 8.78 Å². The lowest BCUT2D eigenvalue weighted by atomic mass is 9.44. The number of ether oxygens (including phenoxy) is 2. The third-order valence-corrected chi connectivity index (χ3v) is 9.29. The zero-order chi connectivity index (χ0) is 26.1. The molecule has 1 N–H and O–H groups in total. The highest BCUT2D eigenvalue weighted by Crippen LogP contribution is 2.71. The average Bonchev–Trinajstić information content (AvgIpc) is 2.97. The van der Waals surface area contributed by atoms with E-state index in [0.29, 0.717) is 0 Å². The predicted octanol–water partition coefficient (Wildman–Crippen LogP) is 2.99. The van der Waals surface area contributed by atoms with E-state index < -0.39 is 82.2 Å². The Morgan fingerprint density at radius 3 is 2.40 bits per heavy atom. The Bertz CT molecular complexity index is 1050. The van der Waals surface area contributed by atoms with Crippen LogP contribution in [0.25, 0.3) is 0 Å². The molecule has 35 heavy (non-hydrogen) atoms. The van der Waals surface area contributed by atoms with Crippen LogP contribution in [0.3, 0.4) is 0 Å². The number of hydrogen-bond acceptors (Lipinski definition) is 7. The fourth-order valence-electron chi connectivity index (χ4n) is 7.89. The monoisotopic (exact) mass is 494 g/mol. The SMILES string of the molecule is CC(=O)OCC(=O)[C@@]1(OC(C)=O)[C@@H](C)C[C@H]2C3C[C@H](F)C4=CC(=O)C=C[C@]4(C)[C@@]3(F)[C@@H](O)C[C@@]21C. The van der Waals surface area contributed by atoms with E-state index in [-0.39, 0.29) is 24.8 Å². The summed E-state index contributed by atoms with van der Waals surface area (Å²) in [5, 5.41) is 11.4. The molecular formula is C26H32F2O7. The number of aliphatic hydroxyl groups is 1. The molecular weight excluding hydrogens is 462 g/mol. The van der Waals surface area contributed by atoms with Crippen LogP contribution in [-0.4, -0.2) is 58.8 Å². The van der Waals surface area contributed by atoms with Gasteiger partial charge in [0.1, 0.15) is 6.17 Å². The van der Waals surface area contributed by atoms with Crippen LogP contribution in [0.2, 0.25) is 0 Å². The van der Waals surface area contributed by atoms with Crippen LogP contribution in [0.4, 0.5) is 8.78 Å². The first-order chi connectivity index (χ1) is 16.1. The van der Waals surface area contributed by atoms with Gasteiger partial charge in [-0.3, -0.25) is 19.2 Å². The van der Waals surface area contributed by atoms with Crippen LogP contribution in [0, 0.1) is 28.6 Å². The summed E-state index contributed by atoms with van der Waals surface area (Å²) in [7, 11) is 0. The van der Waals surface area contributed by atoms with E-state index in [4.69, 9.17) is 9.47 Å². The summed E-state index contributed by atoms with van der Waals surface area (Å²) in [5.74, 6) is -4.77. The van der Waals surface area contributed by atoms with Crippen molar-refractivity contribution in [1.29, 1.82) is 0 Å². The van der Waals surface area contributed by atoms with Gasteiger partial charge in [0.25, 0.3) is 0 Å². The number of alkyl halides is 2. The first-order valence-corrected chi connectivity index (χ1v) is 12.0. The Hall–Kier alpha value is -2.42. The first-order valence-electron chi connectivity index (χ1n) is 12.0. The largest absolute Gasteiger partial charge is 0.458 e. The zero-order valence-electron chi connectivity index (χ0n) is 20.6. The Morgan fingerprint density at radius 1 is 1.14 bits per heavy atom. The minimum atomic E-state index is -2.31. The molecule has 0 heterocycles. The lowest BCUT2D eigenvalue weighted by Crippen LogP contribution is -2.71. The van der Waals surface area contributed by atoms with Crippen molar-refractivity contribution in [3.63, 3.8) is 0 Å². The first kappa shape index (κ1) is 25.7. The van der Waals surface area contributed by atoms with Gasteiger partial charge in [-0.15, -0.1) is 0 Å². The van der Waals surface area contributed by atoms with Gasteiger partial charge in [-0.05, 0) is 49.8 Å². The number of esters is 2. The average molecular weight is 495 g/mol. The summed E-state index contributed by atoms with van der Waals surface area (Å²) in [6.45, 7) is 6.52. The number of carbonyl (C=O) groups is 4. The summed E-state index contributed by atoms with van der Waals surface area (Å²) in [6.07, 6.45) is 0.118. The Kier molecular flexibility index (Phi) is 5.90. The molecule has 0 saturated heterocycles. The Labute approximate surface area is 202 Å². The highest BCUT2D eigenvalue weighted by atomic mass is 19.1. The van der Waals surface area contributed by atoms with Crippen molar-refractivity contribution in [3.8, 4) is 0 Å². The Balaban J connectivity index is 1.85. The highest BCUT2D eigenvalue weighted by molar-refractivity contribution is 6.01. The third kappa shape index (κ3) is 3.22. The molecule has 0 bridgehead atoms. The third-order valence-electron chi connectivity index (χ3n) is 9.29. The minimum Gasteiger partial charge on any atom is -0.458 e. The molecule has 0 aliphatic heterocycles. The zero-order valence-corrected chi connectivity index (χ0v) is 20.6. The summed E-state index contributed by atoms with van der Waals surface area (Å²) < 4.78 is 43.5. The molecule has 192 valence electrons. The van der Waals surface area contributed by atoms with Gasteiger partial charge >= 0.3 is 11.9 Å². The molecule has 0 aromatic rings. The van der Waals surface area contributed by atoms with Crippen molar-refractivity contribution in [2.75, 3.05) is 6.61 Å². The molecule has 1 unspecified atom stereocenters. The van der Waals surface area contributed by atoms with Crippen LogP contribution in [0.5, 0.6) is 0 Å². The van der Waals surface area contributed by atoms with Crippen LogP contribution >= 0.6 is 0 Å². The summed E-state index contributed by atoms with van der Waals surface area (Å²) in [5.41, 5.74) is -6.90. The van der Waals surface area contributed by atoms with Gasteiger partial charge in [0.15, 0.2) is 23.7 Å². The second-order valence-corrected chi connectivity index (χ2v) is 11.0. The molecule has 9 heteroatoms. The number of halogens is 2. The van der Waals surface area contributed by atoms with Crippen molar-refractivity contribution in [3.05, 3.63) is 23.8 Å². The van der Waals surface area contributed by atoms with Gasteiger partial charge in [-0.25, -0.2) is 8.78 Å². The number of rotatable bonds is 4. The van der Waals surface area contributed by atoms with Crippen LogP contribution in [0.15, 0.2) is 23.8 Å². The molecule has 0 spiro atoms. The standard InChI is InChI=1S/C26H32F2O7/c1-13-8-17-18-10-20(27)19-9-16(31)6-7-23(19,4)25(18,28)21(32)11-24(17,5)26(13,35-15(3)30)22(33)12-34-14(2)29/h6-7,9,13,17-18,20-21,32H,8,10-12H2,1-5H3/t13-,17-,18?,20-,21-,23-,24-,25-,26-/m0/s1. The van der Waals surface area contributed by atoms with E-state index in [2.05, 4.69) is 0 Å². The summed E-state index contributed by atoms with van der Waals surface area (Å²) in [4.78, 5) is 49.1. The van der Waals surface area contributed by atoms with Crippen molar-refractivity contribution in [1.82, 2.24) is 0 Å². The van der Waals surface area contributed by atoms with E-state index in [1.807, 2.05) is 0 Å². The van der Waals surface area contributed by atoms with E-state index in [1.54, 1.807) is 13.8 Å². The molecule has 7 nitrogen and oxygen atoms in total. The molecule has 4 aliphatic rings. The summed E-state index contributed by atoms with van der Waals surface area (Å²) >= 11 is 0. The van der Waals surface area contributed by atoms with Crippen molar-refractivity contribution in [2.24, 2.45) is 28.6 Å². The van der Waals surface area contributed by atoms with Gasteiger partial charge < -0.3 is 14.6 Å². The molecule has 3 fully saturated rings. The maximum atomic E-state index is 17.3. The van der Waals surface area contributed by atoms with Crippen molar-refractivity contribution >= 4 is 23.5 Å². The maximum absolute atomic E-state index is 17.3. The van der Waals surface area contributed by atoms with Crippen molar-refractivity contribution in [2.45, 2.75) is 77.4 Å². The van der Waals surface area contributed by atoms with E-state index in [0.717, 1.165) is 19.9 Å². The van der Waals surface area contributed by atoms with Crippen LogP contribution in [-0.2, 0) is 28.7 Å². The fraction of sp³-hybridized carbons (Fsp3) is 0.692. The van der Waals surface area contributed by atoms with Crippen LogP contribution in [0.1, 0.15) is 53.9 Å². The van der Waals surface area contributed by atoms with Gasteiger partial charge in [0, 0.05) is 36.5 Å². The fourth-order valence-corrected chi connectivity index (χ4v) is 7.89. The second kappa shape index (κ2) is 8.05. The number of carbonyl (C=O) groups excluding carboxylic acids is 4. The molecule has 4 rings (SSSR count). The van der Waals surface area contributed by atoms with Gasteiger partial charge in [-0.1, -0.05) is 19.9 Å². The number of Topliss-reactive ketones (excluding diaryl/α,β-unsaturated/α-hetero) is 1. The Morgan fingerprint density at radius 2 is 1.80 bits per heavy atom. The number of hydrogen-bond donors (Lipinski definition) is 1. The van der Waals surface area contributed by atoms with Gasteiger partial charge in [0.05, 0.1) is 6.10 Å². The maximum Gasteiger partial charge on any atom is 0.303 e. The number of allylic oxidation sites excluding steroid dienone is 4. The number of fused-ring (bicyclic) bond motifs is 5. The summed E-state index contributed by atoms with van der Waals surface area (Å²) in [6, 6.07) is 0. The molecule has 9 atom stereocenters. The smallest absolute Gasteiger partial charge is 0.303 e. The van der Waals surface area contributed by atoms with Crippen molar-refractivity contribution < 1.29 is 42.5 Å². The van der Waals surface area contributed by atoms with Crippen LogP contribution < -0.4 is 0 Å². The minimum absolute atomic E-state index is 0.00892. The quantitative estimate of drug-likeness (QED) is 0.599. The molecule has 0 aromatic heterocycles. The number of ketones is 2.